The largest absolute Gasteiger partial charge is 0.444 e. The number of hydrogen-bond acceptors (Lipinski definition) is 4. The molecule has 1 saturated heterocycles. The highest BCUT2D eigenvalue weighted by atomic mass is 19.4. The molecule has 0 unspecified atom stereocenters. The number of carbonyl (C=O) groups is 2. The number of rotatable bonds is 6. The van der Waals surface area contributed by atoms with Gasteiger partial charge in [0.2, 0.25) is 0 Å². The fraction of sp³-hybridized carbons (Fsp3) is 0.636. The maximum absolute atomic E-state index is 13.1. The predicted molar refractivity (Wildman–Crippen MR) is 109 cm³/mol. The molecule has 0 aromatic heterocycles. The molecule has 6 nitrogen and oxygen atoms in total. The normalized spacial score (nSPS) is 20.8. The zero-order valence-electron chi connectivity index (χ0n) is 18.4. The summed E-state index contributed by atoms with van der Waals surface area (Å²) < 4.78 is 48.6. The Morgan fingerprint density at radius 1 is 1.19 bits per heavy atom. The van der Waals surface area contributed by atoms with E-state index >= 15 is 0 Å². The van der Waals surface area contributed by atoms with Crippen molar-refractivity contribution in [1.82, 2.24) is 10.2 Å². The standard InChI is InChI=1S/C22H31F3N2O4/c1-5-15-13-27(12-11-17(15)26-20(29)31-21(2,3)4)19(28)18(30-14-22(23,24)25)16-9-7-6-8-10-16/h6-10,15,17-18H,5,11-14H2,1-4H3,(H,26,29)/t15-,17-,18+/m1/s1. The second-order valence-electron chi connectivity index (χ2n) is 8.71. The third-order valence-electron chi connectivity index (χ3n) is 5.01. The van der Waals surface area contributed by atoms with Gasteiger partial charge in [-0.1, -0.05) is 37.3 Å². The van der Waals surface area contributed by atoms with E-state index < -0.39 is 36.5 Å². The summed E-state index contributed by atoms with van der Waals surface area (Å²) in [6, 6.07) is 7.99. The number of alkyl carbamates (subject to hydrolysis) is 1. The van der Waals surface area contributed by atoms with E-state index in [9.17, 15) is 22.8 Å². The average molecular weight is 444 g/mol. The van der Waals surface area contributed by atoms with Crippen LogP contribution in [0.3, 0.4) is 0 Å². The van der Waals surface area contributed by atoms with Crippen LogP contribution < -0.4 is 5.32 Å². The molecular weight excluding hydrogens is 413 g/mol. The minimum absolute atomic E-state index is 0.0516. The smallest absolute Gasteiger partial charge is 0.411 e. The highest BCUT2D eigenvalue weighted by Crippen LogP contribution is 2.28. The minimum atomic E-state index is -4.54. The molecule has 0 saturated carbocycles. The number of ether oxygens (including phenoxy) is 2. The van der Waals surface area contributed by atoms with Crippen molar-refractivity contribution < 1.29 is 32.2 Å². The highest BCUT2D eigenvalue weighted by Gasteiger charge is 2.37. The van der Waals surface area contributed by atoms with Crippen molar-refractivity contribution in [3.8, 4) is 0 Å². The Bertz CT molecular complexity index is 735. The van der Waals surface area contributed by atoms with E-state index in [1.807, 2.05) is 6.92 Å². The lowest BCUT2D eigenvalue weighted by Gasteiger charge is -2.40. The average Bonchev–Trinajstić information content (AvgIpc) is 2.66. The Hall–Kier alpha value is -2.29. The van der Waals surface area contributed by atoms with Crippen LogP contribution in [-0.2, 0) is 14.3 Å². The molecule has 1 aliphatic rings. The van der Waals surface area contributed by atoms with E-state index in [1.54, 1.807) is 51.1 Å². The fourth-order valence-corrected chi connectivity index (χ4v) is 3.58. The first kappa shape index (κ1) is 25.0. The topological polar surface area (TPSA) is 67.9 Å². The third-order valence-corrected chi connectivity index (χ3v) is 5.01. The summed E-state index contributed by atoms with van der Waals surface area (Å²) in [7, 11) is 0. The number of halogens is 3. The molecule has 1 heterocycles. The number of carbonyl (C=O) groups excluding carboxylic acids is 2. The number of amides is 2. The SMILES string of the molecule is CC[C@@H]1CN(C(=O)[C@@H](OCC(F)(F)F)c2ccccc2)CC[C@H]1NC(=O)OC(C)(C)C. The monoisotopic (exact) mass is 444 g/mol. The van der Waals surface area contributed by atoms with Gasteiger partial charge in [-0.05, 0) is 45.1 Å². The van der Waals surface area contributed by atoms with E-state index in [1.165, 1.54) is 4.90 Å². The molecule has 1 aromatic carbocycles. The number of benzene rings is 1. The van der Waals surface area contributed by atoms with Crippen LogP contribution in [0.1, 0.15) is 52.2 Å². The third kappa shape index (κ3) is 8.05. The van der Waals surface area contributed by atoms with Crippen LogP contribution in [-0.4, -0.2) is 54.4 Å². The Kier molecular flexibility index (Phi) is 8.34. The van der Waals surface area contributed by atoms with Crippen molar-refractivity contribution >= 4 is 12.0 Å². The van der Waals surface area contributed by atoms with Crippen LogP contribution in [0.4, 0.5) is 18.0 Å². The summed E-state index contributed by atoms with van der Waals surface area (Å²) in [5.74, 6) is -0.561. The van der Waals surface area contributed by atoms with Gasteiger partial charge in [-0.25, -0.2) is 4.79 Å². The van der Waals surface area contributed by atoms with Gasteiger partial charge < -0.3 is 19.7 Å². The quantitative estimate of drug-likeness (QED) is 0.704. The first-order valence-electron chi connectivity index (χ1n) is 10.4. The number of nitrogens with one attached hydrogen (secondary N) is 1. The molecule has 1 aliphatic heterocycles. The van der Waals surface area contributed by atoms with E-state index in [4.69, 9.17) is 9.47 Å². The van der Waals surface area contributed by atoms with Crippen molar-refractivity contribution in [2.75, 3.05) is 19.7 Å². The second kappa shape index (κ2) is 10.3. The van der Waals surface area contributed by atoms with E-state index in [0.717, 1.165) is 0 Å². The van der Waals surface area contributed by atoms with Gasteiger partial charge in [0.25, 0.3) is 5.91 Å². The van der Waals surface area contributed by atoms with Gasteiger partial charge in [0.15, 0.2) is 6.10 Å². The van der Waals surface area contributed by atoms with Crippen molar-refractivity contribution in [2.45, 2.75) is 64.5 Å². The molecule has 0 spiro atoms. The number of likely N-dealkylation sites (tertiary alicyclic amines) is 1. The first-order valence-corrected chi connectivity index (χ1v) is 10.4. The van der Waals surface area contributed by atoms with Gasteiger partial charge in [-0.15, -0.1) is 0 Å². The van der Waals surface area contributed by atoms with Crippen LogP contribution in [0.2, 0.25) is 0 Å². The summed E-state index contributed by atoms with van der Waals surface area (Å²) in [6.45, 7) is 6.37. The van der Waals surface area contributed by atoms with Gasteiger partial charge in [0.1, 0.15) is 12.2 Å². The van der Waals surface area contributed by atoms with E-state index in [0.29, 0.717) is 31.5 Å². The van der Waals surface area contributed by atoms with Crippen LogP contribution in [0.25, 0.3) is 0 Å². The maximum atomic E-state index is 13.1. The molecule has 174 valence electrons. The Labute approximate surface area is 181 Å². The lowest BCUT2D eigenvalue weighted by molar-refractivity contribution is -0.191. The summed E-state index contributed by atoms with van der Waals surface area (Å²) in [5, 5.41) is 2.86. The van der Waals surface area contributed by atoms with Crippen LogP contribution in [0, 0.1) is 5.92 Å². The Morgan fingerprint density at radius 3 is 2.39 bits per heavy atom. The van der Waals surface area contributed by atoms with Gasteiger partial charge in [0.05, 0.1) is 0 Å². The number of hydrogen-bond donors (Lipinski definition) is 1. The van der Waals surface area contributed by atoms with Crippen molar-refractivity contribution in [3.05, 3.63) is 35.9 Å². The second-order valence-corrected chi connectivity index (χ2v) is 8.71. The van der Waals surface area contributed by atoms with Crippen molar-refractivity contribution in [3.63, 3.8) is 0 Å². The molecular formula is C22H31F3N2O4. The van der Waals surface area contributed by atoms with Crippen molar-refractivity contribution in [2.24, 2.45) is 5.92 Å². The highest BCUT2D eigenvalue weighted by molar-refractivity contribution is 5.82. The minimum Gasteiger partial charge on any atom is -0.444 e. The Morgan fingerprint density at radius 2 is 1.84 bits per heavy atom. The predicted octanol–water partition coefficient (Wildman–Crippen LogP) is 4.46. The summed E-state index contributed by atoms with van der Waals surface area (Å²) in [4.78, 5) is 26.8. The summed E-state index contributed by atoms with van der Waals surface area (Å²) >= 11 is 0. The zero-order chi connectivity index (χ0) is 23.2. The zero-order valence-corrected chi connectivity index (χ0v) is 18.4. The molecule has 9 heteroatoms. The molecule has 0 bridgehead atoms. The summed E-state index contributed by atoms with van der Waals surface area (Å²) in [5.41, 5.74) is -0.250. The van der Waals surface area contributed by atoms with E-state index in [-0.39, 0.29) is 12.0 Å². The first-order chi connectivity index (χ1) is 14.4. The van der Waals surface area contributed by atoms with Gasteiger partial charge >= 0.3 is 12.3 Å². The molecule has 2 rings (SSSR count). The fourth-order valence-electron chi connectivity index (χ4n) is 3.58. The lowest BCUT2D eigenvalue weighted by atomic mass is 9.89. The maximum Gasteiger partial charge on any atom is 0.411 e. The summed E-state index contributed by atoms with van der Waals surface area (Å²) in [6.07, 6.45) is -5.24. The molecule has 0 radical (unpaired) electrons. The van der Waals surface area contributed by atoms with Gasteiger partial charge in [-0.2, -0.15) is 13.2 Å². The van der Waals surface area contributed by atoms with E-state index in [2.05, 4.69) is 5.32 Å². The van der Waals surface area contributed by atoms with Crippen molar-refractivity contribution in [1.29, 1.82) is 0 Å². The number of piperidine rings is 1. The van der Waals surface area contributed by atoms with Crippen LogP contribution >= 0.6 is 0 Å². The molecule has 2 amide bonds. The number of alkyl halides is 3. The molecule has 1 aromatic rings. The number of nitrogens with zero attached hydrogens (tertiary/aromatic N) is 1. The molecule has 1 fully saturated rings. The molecule has 31 heavy (non-hydrogen) atoms. The lowest BCUT2D eigenvalue weighted by Crippen LogP contribution is -2.53. The van der Waals surface area contributed by atoms with Gasteiger partial charge in [0, 0.05) is 19.1 Å². The molecule has 1 N–H and O–H groups in total. The van der Waals surface area contributed by atoms with Gasteiger partial charge in [-0.3, -0.25) is 4.79 Å². The molecule has 0 aliphatic carbocycles. The van der Waals surface area contributed by atoms with Crippen LogP contribution in [0.5, 0.6) is 0 Å². The molecule has 3 atom stereocenters. The van der Waals surface area contributed by atoms with Crippen LogP contribution in [0.15, 0.2) is 30.3 Å². The Balaban J connectivity index is 2.08.